The number of nitrogens with zero attached hydrogens (tertiary/aromatic N) is 1. The smallest absolute Gasteiger partial charge is 0.224 e. The van der Waals surface area contributed by atoms with Gasteiger partial charge in [0.05, 0.1) is 27.1 Å². The minimum atomic E-state index is 0.0641. The van der Waals surface area contributed by atoms with Crippen LogP contribution in [0.5, 0.6) is 5.75 Å². The lowest BCUT2D eigenvalue weighted by Crippen LogP contribution is -3.27. The number of hydrogen-bond acceptors (Lipinski definition) is 3. The molecule has 1 aliphatic rings. The highest BCUT2D eigenvalue weighted by atomic mass is 16.5. The number of ether oxygens (including phenoxy) is 1. The number of carbonyl (C=O) groups excluding carboxylic acids is 1. The molecule has 0 saturated carbocycles. The number of quaternary nitrogens is 2. The molecule has 1 amide bonds. The summed E-state index contributed by atoms with van der Waals surface area (Å²) in [7, 11) is 8.02. The van der Waals surface area contributed by atoms with Crippen LogP contribution < -0.4 is 24.8 Å². The third-order valence-corrected chi connectivity index (χ3v) is 6.08. The predicted octanol–water partition coefficient (Wildman–Crippen LogP) is -0.426. The summed E-state index contributed by atoms with van der Waals surface area (Å²) in [5.74, 6) is 0.871. The molecule has 0 unspecified atom stereocenters. The molecule has 3 rings (SSSR count). The minimum Gasteiger partial charge on any atom is -0.497 e. The molecule has 0 aromatic heterocycles. The van der Waals surface area contributed by atoms with Gasteiger partial charge in [0.1, 0.15) is 38.0 Å². The van der Waals surface area contributed by atoms with Gasteiger partial charge in [-0.2, -0.15) is 0 Å². The van der Waals surface area contributed by atoms with E-state index in [4.69, 9.17) is 4.74 Å². The average molecular weight is 413 g/mol. The highest BCUT2D eigenvalue weighted by molar-refractivity contribution is 5.78. The van der Waals surface area contributed by atoms with Gasteiger partial charge in [-0.1, -0.05) is 24.3 Å². The molecule has 6 heteroatoms. The molecular weight excluding hydrogens is 376 g/mol. The Morgan fingerprint density at radius 1 is 1.03 bits per heavy atom. The number of benzene rings is 2. The van der Waals surface area contributed by atoms with E-state index in [9.17, 15) is 4.79 Å². The highest BCUT2D eigenvalue weighted by Gasteiger charge is 2.29. The Bertz CT molecular complexity index is 797. The van der Waals surface area contributed by atoms with Crippen LogP contribution in [-0.4, -0.2) is 66.9 Å². The zero-order valence-electron chi connectivity index (χ0n) is 18.7. The van der Waals surface area contributed by atoms with Gasteiger partial charge in [-0.3, -0.25) is 4.79 Å². The molecule has 1 saturated heterocycles. The van der Waals surface area contributed by atoms with Crippen molar-refractivity contribution < 1.29 is 19.3 Å². The van der Waals surface area contributed by atoms with Gasteiger partial charge >= 0.3 is 0 Å². The third kappa shape index (κ3) is 5.97. The van der Waals surface area contributed by atoms with Crippen molar-refractivity contribution in [2.45, 2.75) is 12.5 Å². The maximum Gasteiger partial charge on any atom is 0.224 e. The largest absolute Gasteiger partial charge is 0.497 e. The van der Waals surface area contributed by atoms with Crippen molar-refractivity contribution in [3.05, 3.63) is 59.7 Å². The van der Waals surface area contributed by atoms with Gasteiger partial charge in [0.15, 0.2) is 0 Å². The second kappa shape index (κ2) is 10.5. The molecule has 162 valence electrons. The van der Waals surface area contributed by atoms with E-state index < -0.39 is 0 Å². The second-order valence-corrected chi connectivity index (χ2v) is 8.48. The van der Waals surface area contributed by atoms with Gasteiger partial charge < -0.3 is 24.8 Å². The lowest BCUT2D eigenvalue weighted by Gasteiger charge is -2.33. The van der Waals surface area contributed by atoms with E-state index >= 15 is 0 Å². The third-order valence-electron chi connectivity index (χ3n) is 6.08. The molecule has 30 heavy (non-hydrogen) atoms. The number of carbonyl (C=O) groups is 1. The topological polar surface area (TPSA) is 50.4 Å². The summed E-state index contributed by atoms with van der Waals surface area (Å²) in [4.78, 5) is 17.9. The van der Waals surface area contributed by atoms with E-state index in [0.717, 1.165) is 24.4 Å². The van der Waals surface area contributed by atoms with Crippen LogP contribution in [0.2, 0.25) is 0 Å². The van der Waals surface area contributed by atoms with Gasteiger partial charge in [0.25, 0.3) is 0 Å². The van der Waals surface area contributed by atoms with Crippen LogP contribution in [0, 0.1) is 0 Å². The number of anilines is 1. The van der Waals surface area contributed by atoms with E-state index in [1.807, 2.05) is 24.3 Å². The lowest BCUT2D eigenvalue weighted by molar-refractivity contribution is -1.02. The maximum absolute atomic E-state index is 12.6. The van der Waals surface area contributed by atoms with Crippen molar-refractivity contribution >= 4 is 11.6 Å². The number of piperazine rings is 1. The summed E-state index contributed by atoms with van der Waals surface area (Å²) in [6, 6.07) is 16.7. The molecule has 2 aromatic rings. The molecule has 2 aromatic carbocycles. The molecule has 0 bridgehead atoms. The summed E-state index contributed by atoms with van der Waals surface area (Å²) in [6.07, 6.45) is 0.387. The van der Waals surface area contributed by atoms with Crippen molar-refractivity contribution in [2.24, 2.45) is 0 Å². The highest BCUT2D eigenvalue weighted by Crippen LogP contribution is 2.16. The first-order valence-electron chi connectivity index (χ1n) is 10.8. The Morgan fingerprint density at radius 2 is 1.67 bits per heavy atom. The normalized spacial score (nSPS) is 19.7. The number of nitrogens with one attached hydrogen (secondary N) is 3. The first-order chi connectivity index (χ1) is 14.5. The van der Waals surface area contributed by atoms with Crippen molar-refractivity contribution in [2.75, 3.05) is 65.9 Å². The molecule has 0 radical (unpaired) electrons. The predicted molar refractivity (Wildman–Crippen MR) is 121 cm³/mol. The van der Waals surface area contributed by atoms with E-state index in [0.29, 0.717) is 13.0 Å². The first-order valence-corrected chi connectivity index (χ1v) is 10.8. The molecule has 1 aliphatic heterocycles. The number of amides is 1. The summed E-state index contributed by atoms with van der Waals surface area (Å²) in [5.41, 5.74) is 3.48. The van der Waals surface area contributed by atoms with Crippen molar-refractivity contribution in [1.29, 1.82) is 0 Å². The standard InChI is InChI=1S/C24H34N4O2/c1-26(2)21-9-7-20(8-10-21)23(28-15-13-27(3)14-16-28)18-25-24(29)17-19-5-11-22(30-4)12-6-19/h5-12,23H,13-18H2,1-4H3,(H,25,29)/p+2/t23-/m0/s1. The van der Waals surface area contributed by atoms with Crippen LogP contribution in [0.25, 0.3) is 0 Å². The van der Waals surface area contributed by atoms with Crippen LogP contribution in [0.1, 0.15) is 17.2 Å². The number of rotatable bonds is 8. The van der Waals surface area contributed by atoms with Crippen molar-refractivity contribution in [1.82, 2.24) is 5.32 Å². The zero-order chi connectivity index (χ0) is 21.5. The SMILES string of the molecule is COc1ccc(CC(=O)NC[C@@H](c2ccc(N(C)C)cc2)[NH+]2CC[NH+](C)CC2)cc1. The lowest BCUT2D eigenvalue weighted by atomic mass is 10.0. The average Bonchev–Trinajstić information content (AvgIpc) is 2.76. The molecule has 3 N–H and O–H groups in total. The Hall–Kier alpha value is -2.57. The first kappa shape index (κ1) is 22.1. The fraction of sp³-hybridized carbons (Fsp3) is 0.458. The Labute approximate surface area is 180 Å². The molecule has 1 atom stereocenters. The monoisotopic (exact) mass is 412 g/mol. The number of hydrogen-bond donors (Lipinski definition) is 3. The molecule has 0 aliphatic carbocycles. The van der Waals surface area contributed by atoms with Crippen LogP contribution in [-0.2, 0) is 11.2 Å². The fourth-order valence-corrected chi connectivity index (χ4v) is 4.06. The van der Waals surface area contributed by atoms with Gasteiger partial charge in [-0.15, -0.1) is 0 Å². The van der Waals surface area contributed by atoms with Gasteiger partial charge in [0, 0.05) is 25.3 Å². The summed E-state index contributed by atoms with van der Waals surface area (Å²) < 4.78 is 5.19. The summed E-state index contributed by atoms with van der Waals surface area (Å²) in [5, 5.41) is 3.20. The van der Waals surface area contributed by atoms with E-state index in [1.54, 1.807) is 16.9 Å². The van der Waals surface area contributed by atoms with Crippen molar-refractivity contribution in [3.63, 3.8) is 0 Å². The summed E-state index contributed by atoms with van der Waals surface area (Å²) in [6.45, 7) is 5.24. The molecular formula is C24H36N4O2+2. The van der Waals surface area contributed by atoms with Gasteiger partial charge in [0.2, 0.25) is 5.91 Å². The Morgan fingerprint density at radius 3 is 2.23 bits per heavy atom. The minimum absolute atomic E-state index is 0.0641. The van der Waals surface area contributed by atoms with Gasteiger partial charge in [-0.25, -0.2) is 0 Å². The van der Waals surface area contributed by atoms with Crippen molar-refractivity contribution in [3.8, 4) is 5.75 Å². The molecule has 0 spiro atoms. The van der Waals surface area contributed by atoms with Crippen LogP contribution >= 0.6 is 0 Å². The van der Waals surface area contributed by atoms with E-state index in [-0.39, 0.29) is 11.9 Å². The van der Waals surface area contributed by atoms with E-state index in [1.165, 1.54) is 24.3 Å². The van der Waals surface area contributed by atoms with Crippen LogP contribution in [0.4, 0.5) is 5.69 Å². The fourth-order valence-electron chi connectivity index (χ4n) is 4.06. The quantitative estimate of drug-likeness (QED) is 0.552. The second-order valence-electron chi connectivity index (χ2n) is 8.48. The number of methoxy groups -OCH3 is 1. The number of likely N-dealkylation sites (N-methyl/N-ethyl adjacent to an activating group) is 1. The molecule has 6 nitrogen and oxygen atoms in total. The molecule has 1 fully saturated rings. The Kier molecular flexibility index (Phi) is 7.71. The van der Waals surface area contributed by atoms with Crippen LogP contribution in [0.15, 0.2) is 48.5 Å². The Balaban J connectivity index is 1.66. The zero-order valence-corrected chi connectivity index (χ0v) is 18.7. The maximum atomic E-state index is 12.6. The van der Waals surface area contributed by atoms with Gasteiger partial charge in [-0.05, 0) is 29.8 Å². The summed E-state index contributed by atoms with van der Waals surface area (Å²) >= 11 is 0. The van der Waals surface area contributed by atoms with Crippen LogP contribution in [0.3, 0.4) is 0 Å². The van der Waals surface area contributed by atoms with E-state index in [2.05, 4.69) is 55.6 Å². The molecule has 1 heterocycles.